The van der Waals surface area contributed by atoms with Gasteiger partial charge in [-0.05, 0) is 49.1 Å². The predicted molar refractivity (Wildman–Crippen MR) is 129 cm³/mol. The van der Waals surface area contributed by atoms with Crippen molar-refractivity contribution in [2.45, 2.75) is 25.8 Å². The molecule has 1 saturated heterocycles. The van der Waals surface area contributed by atoms with E-state index >= 15 is 0 Å². The molecular formula is C25H28N6O2. The van der Waals surface area contributed by atoms with Crippen LogP contribution in [0.4, 0.5) is 11.5 Å². The van der Waals surface area contributed by atoms with Crippen molar-refractivity contribution in [3.63, 3.8) is 0 Å². The Morgan fingerprint density at radius 3 is 2.52 bits per heavy atom. The highest BCUT2D eigenvalue weighted by Gasteiger charge is 2.15. The molecule has 170 valence electrons. The minimum absolute atomic E-state index is 0.0536. The number of nitrogens with two attached hydrogens (primary N) is 1. The molecule has 3 aromatic rings. The fraction of sp³-hybridized carbons (Fsp3) is 0.280. The summed E-state index contributed by atoms with van der Waals surface area (Å²) in [7, 11) is 1.50. The molecule has 1 aromatic heterocycles. The first-order valence-electron chi connectivity index (χ1n) is 11.1. The largest absolute Gasteiger partial charge is 0.382 e. The van der Waals surface area contributed by atoms with Crippen LogP contribution in [0.1, 0.15) is 45.7 Å². The van der Waals surface area contributed by atoms with Gasteiger partial charge < -0.3 is 21.3 Å². The number of benzene rings is 2. The van der Waals surface area contributed by atoms with Gasteiger partial charge in [-0.25, -0.2) is 9.97 Å². The zero-order valence-corrected chi connectivity index (χ0v) is 18.7. The highest BCUT2D eigenvalue weighted by Crippen LogP contribution is 2.21. The maximum absolute atomic E-state index is 12.8. The Morgan fingerprint density at radius 2 is 1.79 bits per heavy atom. The Kier molecular flexibility index (Phi) is 6.83. The molecule has 0 aliphatic carbocycles. The smallest absolute Gasteiger partial charge is 0.273 e. The monoisotopic (exact) mass is 444 g/mol. The molecule has 2 heterocycles. The summed E-state index contributed by atoms with van der Waals surface area (Å²) in [5.41, 5.74) is 9.73. The SMILES string of the molecule is CNC(=O)c1nc(-c2cccc(C(=O)NCc3ccc(N4CCCCC4)cc3)c2)cnc1N. The lowest BCUT2D eigenvalue weighted by molar-refractivity contribution is 0.0945. The van der Waals surface area contributed by atoms with Crippen LogP contribution >= 0.6 is 0 Å². The molecule has 4 rings (SSSR count). The number of nitrogens with zero attached hydrogens (tertiary/aromatic N) is 3. The molecule has 0 bridgehead atoms. The third-order valence-electron chi connectivity index (χ3n) is 5.77. The number of piperidine rings is 1. The van der Waals surface area contributed by atoms with Crippen LogP contribution in [0, 0.1) is 0 Å². The van der Waals surface area contributed by atoms with Gasteiger partial charge in [0, 0.05) is 43.5 Å². The van der Waals surface area contributed by atoms with Crippen molar-refractivity contribution >= 4 is 23.3 Å². The van der Waals surface area contributed by atoms with Gasteiger partial charge in [0.25, 0.3) is 11.8 Å². The van der Waals surface area contributed by atoms with Crippen molar-refractivity contribution in [1.82, 2.24) is 20.6 Å². The van der Waals surface area contributed by atoms with E-state index in [4.69, 9.17) is 5.73 Å². The fourth-order valence-corrected chi connectivity index (χ4v) is 3.90. The molecule has 0 unspecified atom stereocenters. The van der Waals surface area contributed by atoms with Crippen molar-refractivity contribution in [1.29, 1.82) is 0 Å². The zero-order valence-electron chi connectivity index (χ0n) is 18.7. The fourth-order valence-electron chi connectivity index (χ4n) is 3.90. The van der Waals surface area contributed by atoms with E-state index in [1.807, 2.05) is 6.07 Å². The molecule has 1 aliphatic rings. The summed E-state index contributed by atoms with van der Waals surface area (Å²) in [6, 6.07) is 15.4. The molecule has 2 aromatic carbocycles. The van der Waals surface area contributed by atoms with Crippen LogP contribution < -0.4 is 21.3 Å². The Bertz CT molecular complexity index is 1140. The minimum Gasteiger partial charge on any atom is -0.382 e. The van der Waals surface area contributed by atoms with E-state index in [2.05, 4.69) is 49.8 Å². The lowest BCUT2D eigenvalue weighted by Gasteiger charge is -2.28. The maximum atomic E-state index is 12.8. The summed E-state index contributed by atoms with van der Waals surface area (Å²) in [5.74, 6) is -0.549. The van der Waals surface area contributed by atoms with E-state index in [1.165, 1.54) is 38.2 Å². The molecule has 8 heteroatoms. The van der Waals surface area contributed by atoms with Crippen LogP contribution in [0.3, 0.4) is 0 Å². The first-order valence-corrected chi connectivity index (χ1v) is 11.1. The third-order valence-corrected chi connectivity index (χ3v) is 5.77. The maximum Gasteiger partial charge on any atom is 0.273 e. The first kappa shape index (κ1) is 22.3. The summed E-state index contributed by atoms with van der Waals surface area (Å²) >= 11 is 0. The number of nitrogen functional groups attached to an aromatic ring is 1. The second kappa shape index (κ2) is 10.1. The summed E-state index contributed by atoms with van der Waals surface area (Å²) < 4.78 is 0. The number of aromatic nitrogens is 2. The Hall–Kier alpha value is -3.94. The predicted octanol–water partition coefficient (Wildman–Crippen LogP) is 3.01. The molecule has 0 spiro atoms. The molecule has 0 radical (unpaired) electrons. The number of hydrogen-bond donors (Lipinski definition) is 3. The van der Waals surface area contributed by atoms with Crippen molar-refractivity contribution < 1.29 is 9.59 Å². The standard InChI is InChI=1S/C25H28N6O2/c1-27-25(33)22-23(26)28-16-21(30-22)18-6-5-7-19(14-18)24(32)29-15-17-8-10-20(11-9-17)31-12-3-2-4-13-31/h5-11,14,16H,2-4,12-13,15H2,1H3,(H2,26,28)(H,27,33)(H,29,32). The van der Waals surface area contributed by atoms with Gasteiger partial charge in [0.1, 0.15) is 0 Å². The Labute approximate surface area is 193 Å². The van der Waals surface area contributed by atoms with Crippen molar-refractivity contribution in [3.8, 4) is 11.3 Å². The molecule has 0 atom stereocenters. The van der Waals surface area contributed by atoms with Crippen LogP contribution in [0.25, 0.3) is 11.3 Å². The zero-order chi connectivity index (χ0) is 23.2. The van der Waals surface area contributed by atoms with Gasteiger partial charge in [-0.15, -0.1) is 0 Å². The van der Waals surface area contributed by atoms with Crippen molar-refractivity contribution in [3.05, 3.63) is 71.5 Å². The molecule has 0 saturated carbocycles. The summed E-state index contributed by atoms with van der Waals surface area (Å²) in [6.07, 6.45) is 5.28. The lowest BCUT2D eigenvalue weighted by Crippen LogP contribution is -2.29. The van der Waals surface area contributed by atoms with Gasteiger partial charge in [-0.1, -0.05) is 24.3 Å². The Morgan fingerprint density at radius 1 is 1.03 bits per heavy atom. The van der Waals surface area contributed by atoms with E-state index in [0.29, 0.717) is 23.4 Å². The average Bonchev–Trinajstić information content (AvgIpc) is 2.88. The van der Waals surface area contributed by atoms with Crippen molar-refractivity contribution in [2.75, 3.05) is 30.8 Å². The van der Waals surface area contributed by atoms with Crippen LogP contribution in [0.15, 0.2) is 54.7 Å². The topological polar surface area (TPSA) is 113 Å². The van der Waals surface area contributed by atoms with Crippen LogP contribution in [-0.4, -0.2) is 41.9 Å². The normalized spacial score (nSPS) is 13.4. The minimum atomic E-state index is -0.415. The van der Waals surface area contributed by atoms with E-state index in [0.717, 1.165) is 18.7 Å². The number of anilines is 2. The van der Waals surface area contributed by atoms with Gasteiger partial charge in [0.05, 0.1) is 11.9 Å². The van der Waals surface area contributed by atoms with Crippen molar-refractivity contribution in [2.24, 2.45) is 0 Å². The van der Waals surface area contributed by atoms with Gasteiger partial charge in [-0.3, -0.25) is 9.59 Å². The van der Waals surface area contributed by atoms with E-state index in [-0.39, 0.29) is 17.4 Å². The number of carbonyl (C=O) groups is 2. The molecule has 4 N–H and O–H groups in total. The summed E-state index contributed by atoms with van der Waals surface area (Å²) in [4.78, 5) is 35.5. The molecule has 33 heavy (non-hydrogen) atoms. The lowest BCUT2D eigenvalue weighted by atomic mass is 10.1. The van der Waals surface area contributed by atoms with Crippen LogP contribution in [0.5, 0.6) is 0 Å². The molecule has 1 aliphatic heterocycles. The first-order chi connectivity index (χ1) is 16.0. The number of amides is 2. The molecular weight excluding hydrogens is 416 g/mol. The second-order valence-corrected chi connectivity index (χ2v) is 8.05. The van der Waals surface area contributed by atoms with Crippen LogP contribution in [0.2, 0.25) is 0 Å². The van der Waals surface area contributed by atoms with Crippen LogP contribution in [-0.2, 0) is 6.54 Å². The van der Waals surface area contributed by atoms with E-state index in [1.54, 1.807) is 18.2 Å². The quantitative estimate of drug-likeness (QED) is 0.539. The van der Waals surface area contributed by atoms with Gasteiger partial charge in [0.15, 0.2) is 11.5 Å². The summed E-state index contributed by atoms with van der Waals surface area (Å²) in [5, 5.41) is 5.46. The molecule has 1 fully saturated rings. The highest BCUT2D eigenvalue weighted by molar-refractivity contribution is 5.97. The number of rotatable bonds is 6. The van der Waals surface area contributed by atoms with Gasteiger partial charge in [0.2, 0.25) is 0 Å². The Balaban J connectivity index is 1.42. The van der Waals surface area contributed by atoms with E-state index < -0.39 is 5.91 Å². The third kappa shape index (κ3) is 5.28. The highest BCUT2D eigenvalue weighted by atomic mass is 16.2. The van der Waals surface area contributed by atoms with E-state index in [9.17, 15) is 9.59 Å². The molecule has 2 amide bonds. The number of hydrogen-bond acceptors (Lipinski definition) is 6. The number of carbonyl (C=O) groups excluding carboxylic acids is 2. The number of nitrogens with one attached hydrogen (secondary N) is 2. The second-order valence-electron chi connectivity index (χ2n) is 8.05. The van der Waals surface area contributed by atoms with Gasteiger partial charge >= 0.3 is 0 Å². The average molecular weight is 445 g/mol. The van der Waals surface area contributed by atoms with Gasteiger partial charge in [-0.2, -0.15) is 0 Å². The molecule has 8 nitrogen and oxygen atoms in total. The summed E-state index contributed by atoms with van der Waals surface area (Å²) in [6.45, 7) is 2.65.